The molecular formula is C17H32O2Si4. The highest BCUT2D eigenvalue weighted by Crippen LogP contribution is 2.44. The van der Waals surface area contributed by atoms with Crippen molar-refractivity contribution in [2.75, 3.05) is 0 Å². The van der Waals surface area contributed by atoms with Gasteiger partial charge in [0, 0.05) is 0 Å². The zero-order valence-corrected chi connectivity index (χ0v) is 19.7. The van der Waals surface area contributed by atoms with Crippen LogP contribution >= 0.6 is 0 Å². The molecule has 128 valence electrons. The van der Waals surface area contributed by atoms with E-state index >= 15 is 0 Å². The molecule has 0 aliphatic heterocycles. The number of allylic oxidation sites excluding steroid dienone is 8. The summed E-state index contributed by atoms with van der Waals surface area (Å²) in [6.07, 6.45) is 20.7. The Bertz CT molecular complexity index is 467. The van der Waals surface area contributed by atoms with Gasteiger partial charge in [-0.05, 0) is 43.6 Å². The predicted octanol–water partition coefficient (Wildman–Crippen LogP) is 4.14. The third kappa shape index (κ3) is 4.64. The van der Waals surface area contributed by atoms with E-state index in [1.165, 1.54) is 0 Å². The van der Waals surface area contributed by atoms with Crippen LogP contribution in [-0.2, 0) is 8.23 Å². The van der Waals surface area contributed by atoms with E-state index in [-0.39, 0.29) is 0 Å². The largest absolute Gasteiger partial charge is 0.442 e. The lowest BCUT2D eigenvalue weighted by atomic mass is 10.2. The maximum Gasteiger partial charge on any atom is 0.297 e. The lowest BCUT2D eigenvalue weighted by Crippen LogP contribution is -2.60. The van der Waals surface area contributed by atoms with Crippen molar-refractivity contribution in [2.45, 2.75) is 56.7 Å². The fraction of sp³-hybridized carbons (Fsp3) is 0.529. The van der Waals surface area contributed by atoms with Gasteiger partial charge in [-0.3, -0.25) is 0 Å². The van der Waals surface area contributed by atoms with Crippen LogP contribution in [0.4, 0.5) is 0 Å². The van der Waals surface area contributed by atoms with Crippen molar-refractivity contribution in [1.29, 1.82) is 0 Å². The second-order valence-electron chi connectivity index (χ2n) is 7.19. The molecule has 0 radical (unpaired) electrons. The maximum atomic E-state index is 7.07. The molecule has 3 unspecified atom stereocenters. The summed E-state index contributed by atoms with van der Waals surface area (Å²) in [5, 5.41) is 0. The minimum atomic E-state index is -1.88. The van der Waals surface area contributed by atoms with Gasteiger partial charge in [0.25, 0.3) is 9.28 Å². The van der Waals surface area contributed by atoms with E-state index in [2.05, 4.69) is 81.3 Å². The van der Waals surface area contributed by atoms with Crippen LogP contribution in [0.2, 0.25) is 43.8 Å². The second-order valence-corrected chi connectivity index (χ2v) is 24.1. The van der Waals surface area contributed by atoms with Gasteiger partial charge in [-0.25, -0.2) is 0 Å². The average Bonchev–Trinajstić information content (AvgIpc) is 2.53. The summed E-state index contributed by atoms with van der Waals surface area (Å²) in [4.78, 5) is 0. The normalized spacial score (nSPS) is 27.6. The molecule has 0 saturated carbocycles. The van der Waals surface area contributed by atoms with Crippen molar-refractivity contribution in [3.63, 3.8) is 0 Å². The SMILES string of the molecule is C[SiH](C)O[SiH](C)O[Si](C1C=CC=CC1)(C1C=CC=CC1)[SiH](C)C. The maximum absolute atomic E-state index is 7.07. The number of hydrogen-bond donors (Lipinski definition) is 0. The van der Waals surface area contributed by atoms with Crippen molar-refractivity contribution in [3.05, 3.63) is 48.6 Å². The summed E-state index contributed by atoms with van der Waals surface area (Å²) in [5.41, 5.74) is 1.24. The lowest BCUT2D eigenvalue weighted by molar-refractivity contribution is 0.425. The van der Waals surface area contributed by atoms with E-state index in [1.54, 1.807) is 0 Å². The number of rotatable bonds is 7. The molecule has 0 amide bonds. The molecule has 0 spiro atoms. The van der Waals surface area contributed by atoms with Gasteiger partial charge in [0.05, 0.1) is 8.31 Å². The van der Waals surface area contributed by atoms with Crippen molar-refractivity contribution in [3.8, 4) is 0 Å². The van der Waals surface area contributed by atoms with Gasteiger partial charge in [-0.1, -0.05) is 61.7 Å². The molecule has 0 aromatic carbocycles. The van der Waals surface area contributed by atoms with Crippen molar-refractivity contribution in [2.24, 2.45) is 0 Å². The summed E-state index contributed by atoms with van der Waals surface area (Å²) in [7, 11) is -5.40. The van der Waals surface area contributed by atoms with Gasteiger partial charge < -0.3 is 8.23 Å². The van der Waals surface area contributed by atoms with Gasteiger partial charge in [-0.2, -0.15) is 0 Å². The van der Waals surface area contributed by atoms with Crippen LogP contribution in [0.1, 0.15) is 12.8 Å². The molecular weight excluding hydrogens is 349 g/mol. The first-order valence-electron chi connectivity index (χ1n) is 8.96. The first kappa shape index (κ1) is 19.1. The molecule has 0 aromatic heterocycles. The van der Waals surface area contributed by atoms with Crippen molar-refractivity contribution in [1.82, 2.24) is 0 Å². The zero-order chi connectivity index (χ0) is 16.9. The van der Waals surface area contributed by atoms with Crippen LogP contribution in [0.3, 0.4) is 0 Å². The lowest BCUT2D eigenvalue weighted by Gasteiger charge is -2.47. The Labute approximate surface area is 148 Å². The Kier molecular flexibility index (Phi) is 7.24. The quantitative estimate of drug-likeness (QED) is 0.618. The number of hydrogen-bond acceptors (Lipinski definition) is 2. The molecule has 2 rings (SSSR count). The first-order chi connectivity index (χ1) is 11.0. The van der Waals surface area contributed by atoms with E-state index in [0.29, 0.717) is 11.1 Å². The minimum Gasteiger partial charge on any atom is -0.442 e. The molecule has 3 atom stereocenters. The standard InChI is InChI=1S/C17H32O2Si4/c1-20(2)18-22(5)19-23(21(3)4,16-12-8-6-9-13-16)17-14-10-7-11-15-17/h6-12,14,16-17,20-22H,13,15H2,1-5H3. The van der Waals surface area contributed by atoms with E-state index in [0.717, 1.165) is 12.8 Å². The van der Waals surface area contributed by atoms with Crippen LogP contribution in [-0.4, -0.2) is 34.5 Å². The van der Waals surface area contributed by atoms with E-state index in [1.807, 2.05) is 0 Å². The smallest absolute Gasteiger partial charge is 0.297 e. The van der Waals surface area contributed by atoms with Crippen LogP contribution in [0.25, 0.3) is 0 Å². The highest BCUT2D eigenvalue weighted by Gasteiger charge is 2.51. The Morgan fingerprint density at radius 3 is 1.70 bits per heavy atom. The molecule has 2 aliphatic rings. The third-order valence-electron chi connectivity index (χ3n) is 4.86. The Morgan fingerprint density at radius 2 is 1.35 bits per heavy atom. The van der Waals surface area contributed by atoms with Crippen LogP contribution in [0.5, 0.6) is 0 Å². The van der Waals surface area contributed by atoms with E-state index in [4.69, 9.17) is 8.23 Å². The highest BCUT2D eigenvalue weighted by atomic mass is 29.2. The molecule has 0 N–H and O–H groups in total. The summed E-state index contributed by atoms with van der Waals surface area (Å²) < 4.78 is 13.3. The molecule has 2 aliphatic carbocycles. The summed E-state index contributed by atoms with van der Waals surface area (Å²) in [5.74, 6) is 0. The Balaban J connectivity index is 2.33. The van der Waals surface area contributed by atoms with E-state index in [9.17, 15) is 0 Å². The molecule has 0 bridgehead atoms. The van der Waals surface area contributed by atoms with E-state index < -0.39 is 34.5 Å². The molecule has 6 heteroatoms. The molecule has 2 nitrogen and oxygen atoms in total. The third-order valence-corrected chi connectivity index (χ3v) is 25.7. The average molecular weight is 381 g/mol. The van der Waals surface area contributed by atoms with Crippen LogP contribution in [0.15, 0.2) is 48.6 Å². The highest BCUT2D eigenvalue weighted by molar-refractivity contribution is 7.32. The first-order valence-corrected chi connectivity index (χ1v) is 20.0. The van der Waals surface area contributed by atoms with Crippen LogP contribution in [0, 0.1) is 0 Å². The summed E-state index contributed by atoms with van der Waals surface area (Å²) in [6, 6.07) is 0. The van der Waals surface area contributed by atoms with Gasteiger partial charge in [0.2, 0.25) is 0 Å². The molecule has 23 heavy (non-hydrogen) atoms. The Hall–Kier alpha value is -0.252. The second kappa shape index (κ2) is 8.73. The monoisotopic (exact) mass is 380 g/mol. The fourth-order valence-electron chi connectivity index (χ4n) is 3.97. The van der Waals surface area contributed by atoms with Crippen LogP contribution < -0.4 is 0 Å². The van der Waals surface area contributed by atoms with Gasteiger partial charge in [-0.15, -0.1) is 0 Å². The van der Waals surface area contributed by atoms with Gasteiger partial charge in [0.15, 0.2) is 16.9 Å². The topological polar surface area (TPSA) is 18.5 Å². The summed E-state index contributed by atoms with van der Waals surface area (Å²) >= 11 is 0. The molecule has 0 heterocycles. The minimum absolute atomic E-state index is 0.618. The Morgan fingerprint density at radius 1 is 0.826 bits per heavy atom. The molecule has 0 aromatic rings. The zero-order valence-electron chi connectivity index (χ0n) is 15.2. The van der Waals surface area contributed by atoms with Crippen molar-refractivity contribution < 1.29 is 8.23 Å². The van der Waals surface area contributed by atoms with Gasteiger partial charge in [0.1, 0.15) is 0 Å². The van der Waals surface area contributed by atoms with Gasteiger partial charge >= 0.3 is 0 Å². The van der Waals surface area contributed by atoms with Crippen molar-refractivity contribution >= 4 is 34.5 Å². The summed E-state index contributed by atoms with van der Waals surface area (Å²) in [6.45, 7) is 11.8. The predicted molar refractivity (Wildman–Crippen MR) is 112 cm³/mol. The fourth-order valence-corrected chi connectivity index (χ4v) is 27.4. The molecule has 0 fully saturated rings. The molecule has 0 saturated heterocycles.